The molecule has 2 aromatic rings. The van der Waals surface area contributed by atoms with Gasteiger partial charge in [0.15, 0.2) is 0 Å². The van der Waals surface area contributed by atoms with E-state index in [-0.39, 0.29) is 37.1 Å². The van der Waals surface area contributed by atoms with Crippen LogP contribution in [0.4, 0.5) is 4.39 Å². The van der Waals surface area contributed by atoms with E-state index < -0.39 is 0 Å². The van der Waals surface area contributed by atoms with Gasteiger partial charge >= 0.3 is 0 Å². The fourth-order valence-electron chi connectivity index (χ4n) is 2.14. The van der Waals surface area contributed by atoms with E-state index in [1.807, 2.05) is 6.07 Å². The highest BCUT2D eigenvalue weighted by molar-refractivity contribution is 5.94. The molecule has 2 amide bonds. The number of nitrogens with one attached hydrogen (secondary N) is 1. The summed E-state index contributed by atoms with van der Waals surface area (Å²) in [6, 6.07) is 15.2. The predicted molar refractivity (Wildman–Crippen MR) is 86.3 cm³/mol. The second kappa shape index (κ2) is 8.08. The topological polar surface area (TPSA) is 49.4 Å². The molecular formula is C18H19FN2O2. The van der Waals surface area contributed by atoms with Crippen LogP contribution in [0.3, 0.4) is 0 Å². The Morgan fingerprint density at radius 3 is 2.39 bits per heavy atom. The van der Waals surface area contributed by atoms with E-state index in [0.717, 1.165) is 0 Å². The highest BCUT2D eigenvalue weighted by Crippen LogP contribution is 2.09. The first-order valence-corrected chi connectivity index (χ1v) is 7.38. The Bertz CT molecular complexity index is 674. The van der Waals surface area contributed by atoms with Crippen molar-refractivity contribution in [2.45, 2.75) is 13.0 Å². The summed E-state index contributed by atoms with van der Waals surface area (Å²) in [6.07, 6.45) is 0.170. The summed E-state index contributed by atoms with van der Waals surface area (Å²) >= 11 is 0. The van der Waals surface area contributed by atoms with Gasteiger partial charge in [0.05, 0.1) is 0 Å². The van der Waals surface area contributed by atoms with Crippen molar-refractivity contribution in [2.75, 3.05) is 13.6 Å². The van der Waals surface area contributed by atoms with Crippen LogP contribution in [0.15, 0.2) is 54.6 Å². The van der Waals surface area contributed by atoms with Crippen LogP contribution >= 0.6 is 0 Å². The number of hydrogen-bond acceptors (Lipinski definition) is 2. The minimum atomic E-state index is -0.329. The first kappa shape index (κ1) is 16.7. The molecule has 23 heavy (non-hydrogen) atoms. The number of halogens is 1. The van der Waals surface area contributed by atoms with Crippen molar-refractivity contribution in [3.05, 3.63) is 71.5 Å². The van der Waals surface area contributed by atoms with E-state index in [2.05, 4.69) is 5.32 Å². The fraction of sp³-hybridized carbons (Fsp3) is 0.222. The summed E-state index contributed by atoms with van der Waals surface area (Å²) in [5.74, 6) is -0.693. The number of hydrogen-bond donors (Lipinski definition) is 1. The summed E-state index contributed by atoms with van der Waals surface area (Å²) in [5, 5.41) is 2.70. The maximum atomic E-state index is 13.6. The molecule has 0 unspecified atom stereocenters. The lowest BCUT2D eigenvalue weighted by molar-refractivity contribution is -0.130. The Hall–Kier alpha value is -2.69. The van der Waals surface area contributed by atoms with Crippen molar-refractivity contribution in [1.82, 2.24) is 10.2 Å². The Morgan fingerprint density at radius 1 is 1.04 bits per heavy atom. The molecule has 0 aliphatic rings. The average Bonchev–Trinajstić information content (AvgIpc) is 2.57. The third kappa shape index (κ3) is 4.92. The Balaban J connectivity index is 1.78. The van der Waals surface area contributed by atoms with Gasteiger partial charge in [-0.1, -0.05) is 36.4 Å². The van der Waals surface area contributed by atoms with Gasteiger partial charge in [0.2, 0.25) is 5.91 Å². The molecule has 0 aliphatic carbocycles. The van der Waals surface area contributed by atoms with Crippen molar-refractivity contribution in [3.8, 4) is 0 Å². The Kier molecular flexibility index (Phi) is 5.86. The van der Waals surface area contributed by atoms with Crippen LogP contribution in [0.25, 0.3) is 0 Å². The van der Waals surface area contributed by atoms with Crippen LogP contribution in [0.2, 0.25) is 0 Å². The SMILES string of the molecule is CN(Cc1ccccc1F)C(=O)CCNC(=O)c1ccccc1. The minimum Gasteiger partial charge on any atom is -0.352 e. The predicted octanol–water partition coefficient (Wildman–Crippen LogP) is 2.60. The average molecular weight is 314 g/mol. The zero-order valence-electron chi connectivity index (χ0n) is 13.0. The van der Waals surface area contributed by atoms with E-state index in [4.69, 9.17) is 0 Å². The van der Waals surface area contributed by atoms with Gasteiger partial charge < -0.3 is 10.2 Å². The number of rotatable bonds is 6. The molecule has 1 N–H and O–H groups in total. The van der Waals surface area contributed by atoms with E-state index in [0.29, 0.717) is 11.1 Å². The molecule has 0 spiro atoms. The molecular weight excluding hydrogens is 295 g/mol. The second-order valence-electron chi connectivity index (χ2n) is 5.21. The summed E-state index contributed by atoms with van der Waals surface area (Å²) < 4.78 is 13.6. The van der Waals surface area contributed by atoms with Gasteiger partial charge in [-0.05, 0) is 18.2 Å². The monoisotopic (exact) mass is 314 g/mol. The zero-order chi connectivity index (χ0) is 16.7. The normalized spacial score (nSPS) is 10.2. The maximum Gasteiger partial charge on any atom is 0.251 e. The van der Waals surface area contributed by atoms with Crippen molar-refractivity contribution in [3.63, 3.8) is 0 Å². The van der Waals surface area contributed by atoms with Crippen LogP contribution in [-0.4, -0.2) is 30.3 Å². The van der Waals surface area contributed by atoms with Gasteiger partial charge in [0.1, 0.15) is 5.82 Å². The molecule has 0 saturated heterocycles. The number of carbonyl (C=O) groups excluding carboxylic acids is 2. The molecule has 0 aromatic heterocycles. The quantitative estimate of drug-likeness (QED) is 0.891. The standard InChI is InChI=1S/C18H19FN2O2/c1-21(13-15-9-5-6-10-16(15)19)17(22)11-12-20-18(23)14-7-3-2-4-8-14/h2-10H,11-13H2,1H3,(H,20,23). The van der Waals surface area contributed by atoms with Gasteiger partial charge in [-0.3, -0.25) is 9.59 Å². The molecule has 0 radical (unpaired) electrons. The minimum absolute atomic E-state index is 0.151. The molecule has 0 atom stereocenters. The largest absolute Gasteiger partial charge is 0.352 e. The van der Waals surface area contributed by atoms with E-state index in [1.165, 1.54) is 11.0 Å². The summed E-state index contributed by atoms with van der Waals surface area (Å²) in [7, 11) is 1.62. The van der Waals surface area contributed by atoms with Crippen LogP contribution in [0.5, 0.6) is 0 Å². The Labute approximate surface area is 134 Å². The molecule has 5 heteroatoms. The third-order valence-electron chi connectivity index (χ3n) is 3.45. The molecule has 120 valence electrons. The zero-order valence-corrected chi connectivity index (χ0v) is 13.0. The van der Waals surface area contributed by atoms with Gasteiger partial charge in [-0.2, -0.15) is 0 Å². The van der Waals surface area contributed by atoms with Crippen molar-refractivity contribution < 1.29 is 14.0 Å². The summed E-state index contributed by atoms with van der Waals surface area (Å²) in [5.41, 5.74) is 1.02. The van der Waals surface area contributed by atoms with Crippen molar-refractivity contribution in [2.24, 2.45) is 0 Å². The first-order valence-electron chi connectivity index (χ1n) is 7.38. The van der Waals surface area contributed by atoms with Crippen molar-refractivity contribution in [1.29, 1.82) is 0 Å². The summed E-state index contributed by atoms with van der Waals surface area (Å²) in [6.45, 7) is 0.451. The van der Waals surface area contributed by atoms with E-state index in [9.17, 15) is 14.0 Å². The lowest BCUT2D eigenvalue weighted by Crippen LogP contribution is -2.32. The van der Waals surface area contributed by atoms with Gasteiger partial charge in [0, 0.05) is 37.7 Å². The molecule has 0 heterocycles. The lowest BCUT2D eigenvalue weighted by Gasteiger charge is -2.17. The number of carbonyl (C=O) groups is 2. The van der Waals surface area contributed by atoms with Gasteiger partial charge in [-0.25, -0.2) is 4.39 Å². The third-order valence-corrected chi connectivity index (χ3v) is 3.45. The highest BCUT2D eigenvalue weighted by atomic mass is 19.1. The van der Waals surface area contributed by atoms with Gasteiger partial charge in [-0.15, -0.1) is 0 Å². The number of nitrogens with zero attached hydrogens (tertiary/aromatic N) is 1. The fourth-order valence-corrected chi connectivity index (χ4v) is 2.14. The maximum absolute atomic E-state index is 13.6. The van der Waals surface area contributed by atoms with Crippen LogP contribution < -0.4 is 5.32 Å². The first-order chi connectivity index (χ1) is 11.1. The van der Waals surface area contributed by atoms with Crippen LogP contribution in [-0.2, 0) is 11.3 Å². The molecule has 0 fully saturated rings. The molecule has 2 rings (SSSR count). The molecule has 0 aliphatic heterocycles. The lowest BCUT2D eigenvalue weighted by atomic mass is 10.2. The molecule has 2 aromatic carbocycles. The Morgan fingerprint density at radius 2 is 1.70 bits per heavy atom. The summed E-state index contributed by atoms with van der Waals surface area (Å²) in [4.78, 5) is 25.3. The van der Waals surface area contributed by atoms with E-state index >= 15 is 0 Å². The number of amides is 2. The second-order valence-corrected chi connectivity index (χ2v) is 5.21. The van der Waals surface area contributed by atoms with E-state index in [1.54, 1.807) is 49.5 Å². The smallest absolute Gasteiger partial charge is 0.251 e. The number of benzene rings is 2. The van der Waals surface area contributed by atoms with Crippen LogP contribution in [0, 0.1) is 5.82 Å². The molecule has 0 saturated carbocycles. The molecule has 4 nitrogen and oxygen atoms in total. The van der Waals surface area contributed by atoms with Crippen LogP contribution in [0.1, 0.15) is 22.3 Å². The molecule has 0 bridgehead atoms. The highest BCUT2D eigenvalue weighted by Gasteiger charge is 2.12. The van der Waals surface area contributed by atoms with Gasteiger partial charge in [0.25, 0.3) is 5.91 Å². The van der Waals surface area contributed by atoms with Crippen molar-refractivity contribution >= 4 is 11.8 Å².